The average Bonchev–Trinajstić information content (AvgIpc) is 1.94. The molecule has 0 amide bonds. The Morgan fingerprint density at radius 2 is 2.40 bits per heavy atom. The summed E-state index contributed by atoms with van der Waals surface area (Å²) >= 11 is 0.484. The molecule has 0 saturated carbocycles. The first-order valence-corrected chi connectivity index (χ1v) is 14.7. The second-order valence-electron chi connectivity index (χ2n) is 2.74. The summed E-state index contributed by atoms with van der Waals surface area (Å²) in [6.07, 6.45) is 4.64. The summed E-state index contributed by atoms with van der Waals surface area (Å²) in [5.41, 5.74) is 0. The molecule has 0 aromatic rings. The first kappa shape index (κ1) is 9.55. The molecule has 0 unspecified atom stereocenters. The van der Waals surface area contributed by atoms with E-state index < -0.39 is 0 Å². The Labute approximate surface area is 78.2 Å². The van der Waals surface area contributed by atoms with Gasteiger partial charge in [0.25, 0.3) is 0 Å². The molecule has 1 aliphatic heterocycles. The molecule has 1 rings (SSSR count). The Hall–Kier alpha value is 1.46. The molecule has 0 radical (unpaired) electrons. The zero-order valence-corrected chi connectivity index (χ0v) is 11.2. The van der Waals surface area contributed by atoms with Gasteiger partial charge in [-0.15, -0.1) is 0 Å². The monoisotopic (exact) mass is 367 g/mol. The predicted molar refractivity (Wildman–Crippen MR) is 52.7 cm³/mol. The standard InChI is InChI=1S/C8H17I2/c1-3-7-10-8(2)5-4-6-9-10/h8H,3-7H2,1-2H3/q-1/t8-/m1/s1. The molecule has 10 heavy (non-hydrogen) atoms. The third kappa shape index (κ3) is 2.83. The second kappa shape index (κ2) is 5.17. The molecule has 1 heterocycles. The molecule has 0 aliphatic carbocycles. The van der Waals surface area contributed by atoms with Crippen molar-refractivity contribution in [2.75, 3.05) is 8.86 Å². The Morgan fingerprint density at radius 1 is 1.60 bits per heavy atom. The van der Waals surface area contributed by atoms with Gasteiger partial charge in [-0.3, -0.25) is 0 Å². The molecule has 64 valence electrons. The number of alkyl halides is 3. The fourth-order valence-corrected chi connectivity index (χ4v) is 22.0. The first-order chi connectivity index (χ1) is 4.84. The van der Waals surface area contributed by atoms with Crippen LogP contribution in [0.1, 0.15) is 33.1 Å². The quantitative estimate of drug-likeness (QED) is 0.480. The van der Waals surface area contributed by atoms with Crippen LogP contribution in [0.5, 0.6) is 0 Å². The van der Waals surface area contributed by atoms with E-state index in [0.717, 1.165) is 17.2 Å². The normalized spacial score (nSPS) is 31.4. The van der Waals surface area contributed by atoms with Crippen molar-refractivity contribution in [2.45, 2.75) is 37.0 Å². The molecule has 2 heteroatoms. The van der Waals surface area contributed by atoms with Crippen LogP contribution in [0.25, 0.3) is 0 Å². The minimum absolute atomic E-state index is 0.275. The third-order valence-electron chi connectivity index (χ3n) is 1.71. The molecule has 0 nitrogen and oxygen atoms in total. The zero-order chi connectivity index (χ0) is 7.40. The van der Waals surface area contributed by atoms with Crippen molar-refractivity contribution in [1.82, 2.24) is 0 Å². The summed E-state index contributed by atoms with van der Waals surface area (Å²) in [4.78, 5) is 0. The molecule has 1 atom stereocenters. The van der Waals surface area contributed by atoms with Gasteiger partial charge >= 0.3 is 79.0 Å². The molecule has 0 spiro atoms. The number of hydrogen-bond donors (Lipinski definition) is 0. The van der Waals surface area contributed by atoms with E-state index in [1.807, 2.05) is 0 Å². The van der Waals surface area contributed by atoms with Gasteiger partial charge in [0.15, 0.2) is 0 Å². The van der Waals surface area contributed by atoms with E-state index in [2.05, 4.69) is 13.8 Å². The Kier molecular flexibility index (Phi) is 4.93. The maximum atomic E-state index is 2.53. The fraction of sp³-hybridized carbons (Fsp3) is 1.00. The second-order valence-corrected chi connectivity index (χ2v) is 20.4. The van der Waals surface area contributed by atoms with E-state index in [1.54, 1.807) is 21.7 Å². The third-order valence-corrected chi connectivity index (χ3v) is 24.5. The van der Waals surface area contributed by atoms with Crippen molar-refractivity contribution in [1.29, 1.82) is 0 Å². The first-order valence-electron chi connectivity index (χ1n) is 4.09. The van der Waals surface area contributed by atoms with Crippen molar-refractivity contribution in [3.63, 3.8) is 0 Å². The van der Waals surface area contributed by atoms with Crippen LogP contribution in [-0.4, -0.2) is 12.8 Å². The molecule has 1 aliphatic rings. The summed E-state index contributed by atoms with van der Waals surface area (Å²) < 4.78 is 4.58. The minimum atomic E-state index is -0.275. The Balaban J connectivity index is 2.25. The van der Waals surface area contributed by atoms with Gasteiger partial charge in [0.1, 0.15) is 0 Å². The van der Waals surface area contributed by atoms with Crippen LogP contribution in [-0.2, 0) is 0 Å². The molecular weight excluding hydrogens is 350 g/mol. The van der Waals surface area contributed by atoms with Crippen LogP contribution < -0.4 is 17.2 Å². The molecular formula is C8H17I2-. The van der Waals surface area contributed by atoms with E-state index in [1.165, 1.54) is 10.3 Å². The summed E-state index contributed by atoms with van der Waals surface area (Å²) in [5.74, 6) is 0. The van der Waals surface area contributed by atoms with Crippen LogP contribution in [0.15, 0.2) is 0 Å². The number of hydrogen-bond acceptors (Lipinski definition) is 0. The maximum absolute atomic E-state index is 2.53. The summed E-state index contributed by atoms with van der Waals surface area (Å²) in [5, 5.41) is 0. The molecule has 1 fully saturated rings. The van der Waals surface area contributed by atoms with Crippen molar-refractivity contribution >= 4 is 15.8 Å². The molecule has 0 aromatic carbocycles. The summed E-state index contributed by atoms with van der Waals surface area (Å²) in [6.45, 7) is 4.89. The van der Waals surface area contributed by atoms with Gasteiger partial charge in [-0.25, -0.2) is 0 Å². The Morgan fingerprint density at radius 3 is 3.00 bits per heavy atom. The van der Waals surface area contributed by atoms with E-state index in [4.69, 9.17) is 0 Å². The van der Waals surface area contributed by atoms with Gasteiger partial charge in [0.05, 0.1) is 0 Å². The van der Waals surface area contributed by atoms with Crippen LogP contribution in [0.2, 0.25) is 0 Å². The number of halogens is 2. The molecule has 1 saturated heterocycles. The molecule has 0 aromatic heterocycles. The molecule has 0 N–H and O–H groups in total. The van der Waals surface area contributed by atoms with Gasteiger partial charge < -0.3 is 0 Å². The molecule has 0 bridgehead atoms. The van der Waals surface area contributed by atoms with E-state index in [0.29, 0.717) is 0 Å². The van der Waals surface area contributed by atoms with Crippen molar-refractivity contribution in [3.05, 3.63) is 0 Å². The van der Waals surface area contributed by atoms with E-state index in [9.17, 15) is 0 Å². The van der Waals surface area contributed by atoms with Crippen LogP contribution >= 0.6 is 15.8 Å². The Bertz CT molecular complexity index is 91.3. The number of rotatable bonds is 2. The van der Waals surface area contributed by atoms with Gasteiger partial charge in [-0.05, 0) is 0 Å². The fourth-order valence-electron chi connectivity index (χ4n) is 1.14. The van der Waals surface area contributed by atoms with E-state index >= 15 is 0 Å². The topological polar surface area (TPSA) is 0 Å². The van der Waals surface area contributed by atoms with Crippen LogP contribution in [0, 0.1) is 0 Å². The summed E-state index contributed by atoms with van der Waals surface area (Å²) in [7, 11) is 0. The SMILES string of the molecule is CCCI1[I-]CCC[C@H]1C. The van der Waals surface area contributed by atoms with Crippen LogP contribution in [0.3, 0.4) is 0 Å². The van der Waals surface area contributed by atoms with Gasteiger partial charge in [-0.1, -0.05) is 0 Å². The average molecular weight is 367 g/mol. The van der Waals surface area contributed by atoms with Gasteiger partial charge in [-0.2, -0.15) is 0 Å². The van der Waals surface area contributed by atoms with Crippen LogP contribution in [0.4, 0.5) is 0 Å². The van der Waals surface area contributed by atoms with Crippen molar-refractivity contribution in [3.8, 4) is 0 Å². The van der Waals surface area contributed by atoms with Gasteiger partial charge in [0, 0.05) is 0 Å². The van der Waals surface area contributed by atoms with Gasteiger partial charge in [0.2, 0.25) is 0 Å². The predicted octanol–water partition coefficient (Wildman–Crippen LogP) is 0.0891. The van der Waals surface area contributed by atoms with Crippen molar-refractivity contribution < 1.29 is 17.2 Å². The van der Waals surface area contributed by atoms with Crippen molar-refractivity contribution in [2.24, 2.45) is 0 Å². The van der Waals surface area contributed by atoms with E-state index in [-0.39, 0.29) is 15.8 Å². The zero-order valence-electron chi connectivity index (χ0n) is 6.87. The summed E-state index contributed by atoms with van der Waals surface area (Å²) in [6, 6.07) is 0.